The molecule has 1 amide bonds. The zero-order chi connectivity index (χ0) is 14.7. The Hall–Kier alpha value is -2.08. The molecule has 1 aromatic rings. The fraction of sp³-hybridized carbons (Fsp3) is 0.214. The zero-order valence-electron chi connectivity index (χ0n) is 10.8. The predicted molar refractivity (Wildman–Crippen MR) is 76.3 cm³/mol. The van der Waals surface area contributed by atoms with Gasteiger partial charge in [-0.2, -0.15) is 0 Å². The van der Waals surface area contributed by atoms with E-state index in [1.165, 1.54) is 17.9 Å². The van der Waals surface area contributed by atoms with Gasteiger partial charge in [-0.05, 0) is 19.1 Å². The molecule has 1 unspecified atom stereocenters. The molecule has 1 aliphatic rings. The number of hydrogen-bond acceptors (Lipinski definition) is 4. The Bertz CT molecular complexity index is 582. The van der Waals surface area contributed by atoms with Crippen LogP contribution in [0.15, 0.2) is 41.4 Å². The molecule has 1 saturated heterocycles. The summed E-state index contributed by atoms with van der Waals surface area (Å²) in [4.78, 5) is 35.8. The van der Waals surface area contributed by atoms with Crippen molar-refractivity contribution < 1.29 is 19.5 Å². The number of thioether (sulfide) groups is 1. The summed E-state index contributed by atoms with van der Waals surface area (Å²) in [7, 11) is 0. The molecule has 1 atom stereocenters. The number of nitrogens with zero attached hydrogens (tertiary/aromatic N) is 1. The van der Waals surface area contributed by atoms with E-state index >= 15 is 0 Å². The van der Waals surface area contributed by atoms with Crippen LogP contribution in [0.25, 0.3) is 0 Å². The summed E-state index contributed by atoms with van der Waals surface area (Å²) in [5.74, 6) is -1.53. The number of carbonyl (C=O) groups is 3. The van der Waals surface area contributed by atoms with Crippen molar-refractivity contribution in [2.24, 2.45) is 0 Å². The average molecular weight is 291 g/mol. The standard InChI is InChI=1S/C14H13NO4S/c1-9(16)7-12-15(10-5-3-2-4-6-10)14(19)11(20-12)8-13(17)18/h2-7,11H,8H2,1H3,(H,17,18). The van der Waals surface area contributed by atoms with Crippen LogP contribution in [-0.2, 0) is 14.4 Å². The lowest BCUT2D eigenvalue weighted by Gasteiger charge is -2.17. The number of benzene rings is 1. The van der Waals surface area contributed by atoms with Gasteiger partial charge in [-0.1, -0.05) is 30.0 Å². The summed E-state index contributed by atoms with van der Waals surface area (Å²) in [5, 5.41) is 8.62. The van der Waals surface area contributed by atoms with Crippen molar-refractivity contribution in [3.63, 3.8) is 0 Å². The van der Waals surface area contributed by atoms with E-state index in [4.69, 9.17) is 5.11 Å². The number of hydrogen-bond donors (Lipinski definition) is 1. The molecule has 6 heteroatoms. The van der Waals surface area contributed by atoms with E-state index in [-0.39, 0.29) is 18.1 Å². The van der Waals surface area contributed by atoms with Crippen molar-refractivity contribution in [1.29, 1.82) is 0 Å². The van der Waals surface area contributed by atoms with E-state index in [1.54, 1.807) is 24.3 Å². The van der Waals surface area contributed by atoms with Crippen LogP contribution < -0.4 is 4.90 Å². The third kappa shape index (κ3) is 3.08. The van der Waals surface area contributed by atoms with Crippen molar-refractivity contribution in [1.82, 2.24) is 0 Å². The first-order valence-electron chi connectivity index (χ1n) is 5.99. The van der Waals surface area contributed by atoms with Crippen LogP contribution in [0.1, 0.15) is 13.3 Å². The Kier molecular flexibility index (Phi) is 4.24. The van der Waals surface area contributed by atoms with Gasteiger partial charge in [-0.25, -0.2) is 0 Å². The van der Waals surface area contributed by atoms with E-state index in [9.17, 15) is 14.4 Å². The number of para-hydroxylation sites is 1. The van der Waals surface area contributed by atoms with Gasteiger partial charge in [0, 0.05) is 11.8 Å². The minimum Gasteiger partial charge on any atom is -0.481 e. The third-order valence-corrected chi connectivity index (χ3v) is 3.88. The molecule has 0 radical (unpaired) electrons. The number of carboxylic acid groups (broad SMARTS) is 1. The number of allylic oxidation sites excluding steroid dienone is 1. The molecular weight excluding hydrogens is 278 g/mol. The van der Waals surface area contributed by atoms with Gasteiger partial charge in [0.05, 0.1) is 11.4 Å². The van der Waals surface area contributed by atoms with Crippen molar-refractivity contribution in [3.8, 4) is 0 Å². The summed E-state index contributed by atoms with van der Waals surface area (Å²) in [6.45, 7) is 1.39. The lowest BCUT2D eigenvalue weighted by Crippen LogP contribution is -2.29. The molecule has 0 aromatic heterocycles. The number of carboxylic acids is 1. The highest BCUT2D eigenvalue weighted by Gasteiger charge is 2.38. The molecule has 1 heterocycles. The van der Waals surface area contributed by atoms with E-state index in [2.05, 4.69) is 0 Å². The Morgan fingerprint density at radius 1 is 1.35 bits per heavy atom. The van der Waals surface area contributed by atoms with Gasteiger partial charge in [0.2, 0.25) is 5.91 Å². The second kappa shape index (κ2) is 5.92. The molecule has 1 fully saturated rings. The quantitative estimate of drug-likeness (QED) is 0.859. The van der Waals surface area contributed by atoms with Crippen LogP contribution in [0.4, 0.5) is 5.69 Å². The van der Waals surface area contributed by atoms with Crippen LogP contribution >= 0.6 is 11.8 Å². The molecule has 1 N–H and O–H groups in total. The lowest BCUT2D eigenvalue weighted by atomic mass is 10.2. The minimum atomic E-state index is -1.03. The topological polar surface area (TPSA) is 74.7 Å². The zero-order valence-corrected chi connectivity index (χ0v) is 11.6. The number of anilines is 1. The molecular formula is C14H13NO4S. The van der Waals surface area contributed by atoms with Crippen molar-refractivity contribution in [2.75, 3.05) is 4.90 Å². The minimum absolute atomic E-state index is 0.183. The molecule has 20 heavy (non-hydrogen) atoms. The molecule has 5 nitrogen and oxygen atoms in total. The monoisotopic (exact) mass is 291 g/mol. The second-order valence-electron chi connectivity index (χ2n) is 4.31. The molecule has 2 rings (SSSR count). The summed E-state index contributed by atoms with van der Waals surface area (Å²) >= 11 is 1.11. The molecule has 104 valence electrons. The Labute approximate surface area is 120 Å². The first kappa shape index (κ1) is 14.3. The van der Waals surface area contributed by atoms with E-state index in [1.807, 2.05) is 6.07 Å². The smallest absolute Gasteiger partial charge is 0.305 e. The highest BCUT2D eigenvalue weighted by Crippen LogP contribution is 2.39. The van der Waals surface area contributed by atoms with Crippen molar-refractivity contribution in [2.45, 2.75) is 18.6 Å². The normalized spacial score (nSPS) is 20.4. The SMILES string of the molecule is CC(=O)C=C1SC(CC(=O)O)C(=O)N1c1ccccc1. The van der Waals surface area contributed by atoms with Crippen LogP contribution in [0.3, 0.4) is 0 Å². The third-order valence-electron chi connectivity index (χ3n) is 2.68. The van der Waals surface area contributed by atoms with Gasteiger partial charge in [-0.3, -0.25) is 19.3 Å². The second-order valence-corrected chi connectivity index (χ2v) is 5.53. The number of aliphatic carboxylic acids is 1. The van der Waals surface area contributed by atoms with Gasteiger partial charge in [0.25, 0.3) is 0 Å². The highest BCUT2D eigenvalue weighted by molar-refractivity contribution is 8.05. The van der Waals surface area contributed by atoms with Crippen molar-refractivity contribution in [3.05, 3.63) is 41.4 Å². The Morgan fingerprint density at radius 2 is 2.00 bits per heavy atom. The Morgan fingerprint density at radius 3 is 2.55 bits per heavy atom. The number of ketones is 1. The maximum Gasteiger partial charge on any atom is 0.305 e. The van der Waals surface area contributed by atoms with E-state index in [0.29, 0.717) is 10.7 Å². The van der Waals surface area contributed by atoms with Gasteiger partial charge in [0.15, 0.2) is 5.78 Å². The predicted octanol–water partition coefficient (Wildman–Crippen LogP) is 2.04. The molecule has 0 saturated carbocycles. The summed E-state index contributed by atoms with van der Waals surface area (Å²) in [5.41, 5.74) is 0.630. The molecule has 0 spiro atoms. The highest BCUT2D eigenvalue weighted by atomic mass is 32.2. The first-order chi connectivity index (χ1) is 9.49. The number of amides is 1. The number of rotatable bonds is 4. The van der Waals surface area contributed by atoms with Crippen LogP contribution in [0, 0.1) is 0 Å². The average Bonchev–Trinajstić information content (AvgIpc) is 2.65. The first-order valence-corrected chi connectivity index (χ1v) is 6.86. The van der Waals surface area contributed by atoms with Gasteiger partial charge < -0.3 is 5.11 Å². The maximum atomic E-state index is 12.3. The van der Waals surface area contributed by atoms with Crippen molar-refractivity contribution >= 4 is 35.1 Å². The summed E-state index contributed by atoms with van der Waals surface area (Å²) < 4.78 is 0. The fourth-order valence-corrected chi connectivity index (χ4v) is 3.15. The van der Waals surface area contributed by atoms with Gasteiger partial charge in [0.1, 0.15) is 5.25 Å². The van der Waals surface area contributed by atoms with Crippen LogP contribution in [-0.4, -0.2) is 28.0 Å². The maximum absolute atomic E-state index is 12.3. The molecule has 1 aliphatic heterocycles. The lowest BCUT2D eigenvalue weighted by molar-refractivity contribution is -0.138. The molecule has 0 aliphatic carbocycles. The van der Waals surface area contributed by atoms with Gasteiger partial charge >= 0.3 is 5.97 Å². The van der Waals surface area contributed by atoms with E-state index < -0.39 is 11.2 Å². The van der Waals surface area contributed by atoms with Crippen LogP contribution in [0.2, 0.25) is 0 Å². The largest absolute Gasteiger partial charge is 0.481 e. The van der Waals surface area contributed by atoms with Gasteiger partial charge in [-0.15, -0.1) is 0 Å². The summed E-state index contributed by atoms with van der Waals surface area (Å²) in [6, 6.07) is 8.87. The fourth-order valence-electron chi connectivity index (χ4n) is 1.89. The number of carbonyl (C=O) groups excluding carboxylic acids is 2. The Balaban J connectivity index is 2.37. The van der Waals surface area contributed by atoms with Crippen LogP contribution in [0.5, 0.6) is 0 Å². The summed E-state index contributed by atoms with van der Waals surface area (Å²) in [6.07, 6.45) is 1.10. The molecule has 0 bridgehead atoms. The molecule has 1 aromatic carbocycles. The van der Waals surface area contributed by atoms with E-state index in [0.717, 1.165) is 11.8 Å².